The van der Waals surface area contributed by atoms with Gasteiger partial charge in [-0.25, -0.2) is 9.18 Å². The molecule has 3 rings (SSSR count). The van der Waals surface area contributed by atoms with Gasteiger partial charge in [0.1, 0.15) is 5.82 Å². The van der Waals surface area contributed by atoms with E-state index in [1.807, 2.05) is 4.90 Å². The number of β-amino-alcohol motifs (C(OH)–C–C–N with tert-alkyl or cyclic N) is 1. The van der Waals surface area contributed by atoms with Gasteiger partial charge in [0, 0.05) is 48.4 Å². The number of nitrogens with zero attached hydrogens (tertiary/aromatic N) is 3. The van der Waals surface area contributed by atoms with Crippen LogP contribution in [0.4, 0.5) is 41.2 Å². The zero-order valence-corrected chi connectivity index (χ0v) is 22.4. The Bertz CT molecular complexity index is 1310. The van der Waals surface area contributed by atoms with Crippen LogP contribution in [0.5, 0.6) is 5.75 Å². The maximum atomic E-state index is 14.1. The molecular weight excluding hydrogens is 561 g/mol. The number of anilines is 1. The van der Waals surface area contributed by atoms with Gasteiger partial charge in [0.2, 0.25) is 0 Å². The summed E-state index contributed by atoms with van der Waals surface area (Å²) in [5.41, 5.74) is -0.328. The number of hydrogen-bond acceptors (Lipinski definition) is 6. The Morgan fingerprint density at radius 2 is 1.80 bits per heavy atom. The predicted octanol–water partition coefficient (Wildman–Crippen LogP) is 5.71. The lowest BCUT2D eigenvalue weighted by Gasteiger charge is -2.27. The Balaban J connectivity index is 2.13. The molecule has 224 valence electrons. The smallest absolute Gasteiger partial charge is 0.409 e. The number of amides is 1. The molecule has 1 amide bonds. The van der Waals surface area contributed by atoms with E-state index >= 15 is 0 Å². The number of ether oxygens (including phenoxy) is 1. The van der Waals surface area contributed by atoms with Gasteiger partial charge in [-0.05, 0) is 63.7 Å². The Hall–Kier alpha value is -3.65. The van der Waals surface area contributed by atoms with Gasteiger partial charge < -0.3 is 20.5 Å². The van der Waals surface area contributed by atoms with Gasteiger partial charge in [-0.3, -0.25) is 9.89 Å². The molecule has 1 aliphatic rings. The van der Waals surface area contributed by atoms with E-state index in [2.05, 4.69) is 4.99 Å². The summed E-state index contributed by atoms with van der Waals surface area (Å²) in [6.45, 7) is 3.62. The van der Waals surface area contributed by atoms with Crippen molar-refractivity contribution in [2.24, 2.45) is 10.7 Å². The molecule has 2 aromatic carbocycles. The number of hydrogen-bond donors (Lipinski definition) is 2. The fourth-order valence-corrected chi connectivity index (χ4v) is 4.38. The summed E-state index contributed by atoms with van der Waals surface area (Å²) in [4.78, 5) is 20.0. The second-order valence-electron chi connectivity index (χ2n) is 10.0. The predicted molar refractivity (Wildman–Crippen MR) is 139 cm³/mol. The number of halogens is 7. The van der Waals surface area contributed by atoms with Gasteiger partial charge in [-0.1, -0.05) is 0 Å². The highest BCUT2D eigenvalue weighted by Crippen LogP contribution is 2.44. The SMILES string of the molecule is CC(C)N(C(=O)Oc1c(C(C=NCC2(O)CCN(C)C2)=CN)cc(C(F)(F)F)cc1C(F)(F)F)c1ccc(F)cc1. The highest BCUT2D eigenvalue weighted by molar-refractivity contribution is 6.11. The van der Waals surface area contributed by atoms with Crippen LogP contribution in [0.25, 0.3) is 5.57 Å². The van der Waals surface area contributed by atoms with Crippen LogP contribution in [0.1, 0.15) is 37.0 Å². The van der Waals surface area contributed by atoms with E-state index in [4.69, 9.17) is 10.5 Å². The van der Waals surface area contributed by atoms with Crippen LogP contribution in [0, 0.1) is 5.82 Å². The molecule has 1 aliphatic heterocycles. The highest BCUT2D eigenvalue weighted by Gasteiger charge is 2.42. The van der Waals surface area contributed by atoms with Gasteiger partial charge >= 0.3 is 18.4 Å². The van der Waals surface area contributed by atoms with Crippen molar-refractivity contribution in [3.8, 4) is 5.75 Å². The van der Waals surface area contributed by atoms with Crippen LogP contribution in [0.15, 0.2) is 47.6 Å². The summed E-state index contributed by atoms with van der Waals surface area (Å²) < 4.78 is 102. The van der Waals surface area contributed by atoms with Crippen LogP contribution in [0.2, 0.25) is 0 Å². The van der Waals surface area contributed by atoms with Crippen molar-refractivity contribution < 1.29 is 45.4 Å². The summed E-state index contributed by atoms with van der Waals surface area (Å²) >= 11 is 0. The summed E-state index contributed by atoms with van der Waals surface area (Å²) in [7, 11) is 1.77. The topological polar surface area (TPSA) is 91.4 Å². The lowest BCUT2D eigenvalue weighted by molar-refractivity contribution is -0.143. The molecule has 14 heteroatoms. The number of alkyl halides is 6. The van der Waals surface area contributed by atoms with Crippen molar-refractivity contribution in [1.29, 1.82) is 0 Å². The molecule has 0 spiro atoms. The maximum absolute atomic E-state index is 14.1. The molecule has 0 aliphatic carbocycles. The Kier molecular flexibility index (Phi) is 9.38. The highest BCUT2D eigenvalue weighted by atomic mass is 19.4. The number of nitrogens with two attached hydrogens (primary N) is 1. The van der Waals surface area contributed by atoms with Crippen molar-refractivity contribution in [3.05, 3.63) is 65.1 Å². The third-order valence-electron chi connectivity index (χ3n) is 6.36. The minimum Gasteiger partial charge on any atom is -0.409 e. The molecule has 0 bridgehead atoms. The summed E-state index contributed by atoms with van der Waals surface area (Å²) in [5.74, 6) is -1.87. The van der Waals surface area contributed by atoms with E-state index in [0.717, 1.165) is 29.4 Å². The monoisotopic (exact) mass is 590 g/mol. The van der Waals surface area contributed by atoms with Gasteiger partial charge in [0.25, 0.3) is 0 Å². The van der Waals surface area contributed by atoms with Crippen LogP contribution in [-0.2, 0) is 12.4 Å². The van der Waals surface area contributed by atoms with E-state index < -0.39 is 63.9 Å². The number of aliphatic imine (C=N–C) groups is 1. The third-order valence-corrected chi connectivity index (χ3v) is 6.36. The van der Waals surface area contributed by atoms with Crippen molar-refractivity contribution in [1.82, 2.24) is 4.90 Å². The number of likely N-dealkylation sites (N-methyl/N-ethyl adjacent to an activating group) is 1. The number of carbonyl (C=O) groups is 1. The summed E-state index contributed by atoms with van der Waals surface area (Å²) in [6.07, 6.45) is -9.96. The molecule has 7 nitrogen and oxygen atoms in total. The van der Waals surface area contributed by atoms with E-state index in [1.165, 1.54) is 26.0 Å². The van der Waals surface area contributed by atoms with Gasteiger partial charge in [-0.15, -0.1) is 0 Å². The Labute approximate surface area is 231 Å². The standard InChI is InChI=1S/C27H29F7N4O3/c1-16(2)38(20-6-4-19(28)5-7-20)24(39)41-23-21(10-18(26(29,30)31)11-22(23)27(32,33)34)17(12-35)13-36-14-25(40)8-9-37(3)15-25/h4-7,10-13,16,40H,8-9,14-15,35H2,1-3H3. The quantitative estimate of drug-likeness (QED) is 0.318. The first-order chi connectivity index (χ1) is 18.9. The lowest BCUT2D eigenvalue weighted by atomic mass is 9.98. The van der Waals surface area contributed by atoms with E-state index in [-0.39, 0.29) is 24.8 Å². The normalized spacial score (nSPS) is 18.9. The Morgan fingerprint density at radius 1 is 1.17 bits per heavy atom. The number of benzene rings is 2. The second kappa shape index (κ2) is 12.1. The average molecular weight is 591 g/mol. The molecule has 1 heterocycles. The van der Waals surface area contributed by atoms with Gasteiger partial charge in [0.05, 0.1) is 23.3 Å². The molecule has 1 unspecified atom stereocenters. The number of allylic oxidation sites excluding steroid dienone is 1. The molecule has 0 saturated carbocycles. The largest absolute Gasteiger partial charge is 0.420 e. The molecule has 2 aromatic rings. The van der Waals surface area contributed by atoms with Gasteiger partial charge in [0.15, 0.2) is 5.75 Å². The minimum atomic E-state index is -5.38. The first-order valence-corrected chi connectivity index (χ1v) is 12.4. The van der Waals surface area contributed by atoms with Crippen molar-refractivity contribution in [3.63, 3.8) is 0 Å². The Morgan fingerprint density at radius 3 is 2.29 bits per heavy atom. The zero-order valence-electron chi connectivity index (χ0n) is 22.4. The fourth-order valence-electron chi connectivity index (χ4n) is 4.38. The molecular formula is C27H29F7N4O3. The molecule has 1 saturated heterocycles. The first kappa shape index (κ1) is 31.9. The molecule has 0 radical (unpaired) electrons. The fraction of sp³-hybridized carbons (Fsp3) is 0.407. The van der Waals surface area contributed by atoms with Crippen LogP contribution < -0.4 is 15.4 Å². The number of aliphatic hydroxyl groups is 1. The molecule has 41 heavy (non-hydrogen) atoms. The van der Waals surface area contributed by atoms with Crippen LogP contribution in [0.3, 0.4) is 0 Å². The average Bonchev–Trinajstić information content (AvgIpc) is 3.20. The maximum Gasteiger partial charge on any atom is 0.420 e. The molecule has 1 atom stereocenters. The van der Waals surface area contributed by atoms with Crippen molar-refractivity contribution in [2.45, 2.75) is 44.3 Å². The lowest BCUT2D eigenvalue weighted by Crippen LogP contribution is -2.39. The van der Waals surface area contributed by atoms with Crippen molar-refractivity contribution in [2.75, 3.05) is 31.6 Å². The number of likely N-dealkylation sites (tertiary alicyclic amines) is 1. The van der Waals surface area contributed by atoms with E-state index in [0.29, 0.717) is 19.0 Å². The molecule has 1 fully saturated rings. The first-order valence-electron chi connectivity index (χ1n) is 12.4. The van der Waals surface area contributed by atoms with E-state index in [1.54, 1.807) is 7.05 Å². The number of carbonyl (C=O) groups excluding carboxylic acids is 1. The summed E-state index contributed by atoms with van der Waals surface area (Å²) in [5, 5.41) is 10.6. The number of rotatable bonds is 7. The van der Waals surface area contributed by atoms with Crippen molar-refractivity contribution >= 4 is 23.6 Å². The van der Waals surface area contributed by atoms with Crippen LogP contribution in [-0.4, -0.2) is 60.6 Å². The summed E-state index contributed by atoms with van der Waals surface area (Å²) in [6, 6.07) is 3.92. The zero-order chi connectivity index (χ0) is 30.8. The molecule has 3 N–H and O–H groups in total. The molecule has 0 aromatic heterocycles. The van der Waals surface area contributed by atoms with Crippen LogP contribution >= 0.6 is 0 Å². The van der Waals surface area contributed by atoms with Gasteiger partial charge in [-0.2, -0.15) is 26.3 Å². The third kappa shape index (κ3) is 7.76. The second-order valence-corrected chi connectivity index (χ2v) is 10.0. The minimum absolute atomic E-state index is 0.0688. The van der Waals surface area contributed by atoms with E-state index in [9.17, 15) is 40.6 Å².